The minimum Gasteiger partial charge on any atom is -0.497 e. The van der Waals surface area contributed by atoms with Crippen LogP contribution < -0.4 is 15.2 Å². The van der Waals surface area contributed by atoms with E-state index in [1.54, 1.807) is 7.11 Å². The van der Waals surface area contributed by atoms with E-state index in [4.69, 9.17) is 9.88 Å². The summed E-state index contributed by atoms with van der Waals surface area (Å²) in [6.07, 6.45) is 1.12. The van der Waals surface area contributed by atoms with Crippen LogP contribution in [0.2, 0.25) is 0 Å². The molecular formula is C17H21N3O4S. The maximum Gasteiger partial charge on any atom is 0.277 e. The van der Waals surface area contributed by atoms with Crippen molar-refractivity contribution >= 4 is 26.9 Å². The third-order valence-electron chi connectivity index (χ3n) is 4.41. The highest BCUT2D eigenvalue weighted by Crippen LogP contribution is 2.22. The molecule has 1 saturated heterocycles. The van der Waals surface area contributed by atoms with Gasteiger partial charge in [0, 0.05) is 13.1 Å². The zero-order chi connectivity index (χ0) is 18.0. The first kappa shape index (κ1) is 17.7. The highest BCUT2D eigenvalue weighted by molar-refractivity contribution is 7.86. The number of amides is 1. The summed E-state index contributed by atoms with van der Waals surface area (Å²) >= 11 is 0. The van der Waals surface area contributed by atoms with Crippen molar-refractivity contribution in [2.24, 2.45) is 5.14 Å². The Morgan fingerprint density at radius 1 is 1.28 bits per heavy atom. The minimum absolute atomic E-state index is 0.286. The smallest absolute Gasteiger partial charge is 0.277 e. The molecule has 1 fully saturated rings. The van der Waals surface area contributed by atoms with Gasteiger partial charge in [0.15, 0.2) is 0 Å². The van der Waals surface area contributed by atoms with Crippen molar-refractivity contribution < 1.29 is 17.9 Å². The van der Waals surface area contributed by atoms with Crippen molar-refractivity contribution in [2.45, 2.75) is 25.4 Å². The molecule has 0 radical (unpaired) electrons. The van der Waals surface area contributed by atoms with Crippen LogP contribution in [0.1, 0.15) is 18.4 Å². The molecule has 1 aliphatic rings. The predicted molar refractivity (Wildman–Crippen MR) is 95.2 cm³/mol. The largest absolute Gasteiger partial charge is 0.497 e. The monoisotopic (exact) mass is 363 g/mol. The summed E-state index contributed by atoms with van der Waals surface area (Å²) < 4.78 is 29.3. The summed E-state index contributed by atoms with van der Waals surface area (Å²) in [7, 11) is -2.23. The lowest BCUT2D eigenvalue weighted by molar-refractivity contribution is -0.124. The fraction of sp³-hybridized carbons (Fsp3) is 0.353. The van der Waals surface area contributed by atoms with Crippen molar-refractivity contribution in [1.82, 2.24) is 9.62 Å². The summed E-state index contributed by atoms with van der Waals surface area (Å²) in [5.41, 5.74) is 0.936. The van der Waals surface area contributed by atoms with Crippen LogP contribution >= 0.6 is 0 Å². The van der Waals surface area contributed by atoms with Gasteiger partial charge in [-0.2, -0.15) is 12.7 Å². The van der Waals surface area contributed by atoms with Crippen molar-refractivity contribution in [3.63, 3.8) is 0 Å². The maximum atomic E-state index is 12.3. The molecule has 0 aromatic heterocycles. The van der Waals surface area contributed by atoms with E-state index < -0.39 is 16.3 Å². The molecule has 0 bridgehead atoms. The lowest BCUT2D eigenvalue weighted by Crippen LogP contribution is -2.48. The van der Waals surface area contributed by atoms with Gasteiger partial charge in [0.1, 0.15) is 11.8 Å². The number of carbonyl (C=O) groups is 1. The van der Waals surface area contributed by atoms with Crippen molar-refractivity contribution in [2.75, 3.05) is 13.7 Å². The van der Waals surface area contributed by atoms with Crippen LogP contribution in [0.4, 0.5) is 0 Å². The fourth-order valence-corrected chi connectivity index (χ4v) is 4.06. The van der Waals surface area contributed by atoms with Gasteiger partial charge in [0.05, 0.1) is 7.11 Å². The summed E-state index contributed by atoms with van der Waals surface area (Å²) in [6.45, 7) is 0.616. The number of methoxy groups -OCH3 is 1. The number of carbonyl (C=O) groups excluding carboxylic acids is 1. The number of hydrogen-bond donors (Lipinski definition) is 2. The second kappa shape index (κ2) is 6.99. The number of hydrogen-bond acceptors (Lipinski definition) is 4. The third-order valence-corrected chi connectivity index (χ3v) is 5.50. The SMILES string of the molecule is COc1ccc2cc(CNC(=O)[C@@H]3CCCN3S(N)(=O)=O)ccc2c1. The Morgan fingerprint density at radius 2 is 2.00 bits per heavy atom. The second-order valence-electron chi connectivity index (χ2n) is 6.08. The first-order valence-corrected chi connectivity index (χ1v) is 9.53. The summed E-state index contributed by atoms with van der Waals surface area (Å²) in [5, 5.41) is 10.1. The second-order valence-corrected chi connectivity index (χ2v) is 7.58. The first-order chi connectivity index (χ1) is 11.9. The van der Waals surface area contributed by atoms with Gasteiger partial charge >= 0.3 is 0 Å². The average Bonchev–Trinajstić information content (AvgIpc) is 3.09. The zero-order valence-electron chi connectivity index (χ0n) is 13.9. The number of ether oxygens (including phenoxy) is 1. The van der Waals surface area contributed by atoms with Crippen LogP contribution in [0, 0.1) is 0 Å². The average molecular weight is 363 g/mol. The number of nitrogens with one attached hydrogen (secondary N) is 1. The van der Waals surface area contributed by atoms with E-state index in [0.717, 1.165) is 26.4 Å². The Bertz CT molecular complexity index is 898. The highest BCUT2D eigenvalue weighted by Gasteiger charge is 2.36. The Morgan fingerprint density at radius 3 is 2.72 bits per heavy atom. The lowest BCUT2D eigenvalue weighted by Gasteiger charge is -2.20. The van der Waals surface area contributed by atoms with Gasteiger partial charge in [-0.15, -0.1) is 0 Å². The third kappa shape index (κ3) is 3.92. The Balaban J connectivity index is 1.69. The molecule has 2 aromatic rings. The number of benzene rings is 2. The summed E-state index contributed by atoms with van der Waals surface area (Å²) in [6, 6.07) is 10.9. The molecule has 3 rings (SSSR count). The van der Waals surface area contributed by atoms with Gasteiger partial charge in [-0.1, -0.05) is 18.2 Å². The number of rotatable bonds is 5. The molecule has 7 nitrogen and oxygen atoms in total. The number of fused-ring (bicyclic) bond motifs is 1. The molecule has 0 saturated carbocycles. The van der Waals surface area contributed by atoms with Crippen LogP contribution in [0.25, 0.3) is 10.8 Å². The molecule has 134 valence electrons. The van der Waals surface area contributed by atoms with E-state index in [1.807, 2.05) is 36.4 Å². The molecule has 3 N–H and O–H groups in total. The standard InChI is InChI=1S/C17H21N3O4S/c1-24-15-7-6-13-9-12(4-5-14(13)10-15)11-19-17(21)16-3-2-8-20(16)25(18,22)23/h4-7,9-10,16H,2-3,8,11H2,1H3,(H,19,21)(H2,18,22,23)/t16-/m0/s1. The van der Waals surface area contributed by atoms with Gasteiger partial charge < -0.3 is 10.1 Å². The molecule has 2 aromatic carbocycles. The molecule has 25 heavy (non-hydrogen) atoms. The molecule has 0 aliphatic carbocycles. The normalized spacial score (nSPS) is 18.4. The van der Waals surface area contributed by atoms with Crippen LogP contribution in [-0.2, 0) is 21.5 Å². The minimum atomic E-state index is -3.85. The van der Waals surface area contributed by atoms with E-state index in [9.17, 15) is 13.2 Å². The lowest BCUT2D eigenvalue weighted by atomic mass is 10.1. The molecule has 0 spiro atoms. The van der Waals surface area contributed by atoms with Crippen LogP contribution in [-0.4, -0.2) is 38.3 Å². The Kier molecular flexibility index (Phi) is 4.94. The molecule has 0 unspecified atom stereocenters. The van der Waals surface area contributed by atoms with Gasteiger partial charge in [-0.25, -0.2) is 5.14 Å². The summed E-state index contributed by atoms with van der Waals surface area (Å²) in [4.78, 5) is 12.3. The molecule has 1 heterocycles. The first-order valence-electron chi connectivity index (χ1n) is 8.02. The molecule has 1 amide bonds. The van der Waals surface area contributed by atoms with Crippen molar-refractivity contribution in [1.29, 1.82) is 0 Å². The van der Waals surface area contributed by atoms with Crippen molar-refractivity contribution in [3.8, 4) is 5.75 Å². The van der Waals surface area contributed by atoms with E-state index in [-0.39, 0.29) is 12.5 Å². The van der Waals surface area contributed by atoms with Crippen LogP contribution in [0.15, 0.2) is 36.4 Å². The highest BCUT2D eigenvalue weighted by atomic mass is 32.2. The summed E-state index contributed by atoms with van der Waals surface area (Å²) in [5.74, 6) is 0.472. The van der Waals surface area contributed by atoms with Crippen LogP contribution in [0.5, 0.6) is 5.75 Å². The Hall–Kier alpha value is -2.16. The molecule has 1 atom stereocenters. The van der Waals surface area contributed by atoms with E-state index in [2.05, 4.69) is 5.32 Å². The quantitative estimate of drug-likeness (QED) is 0.831. The van der Waals surface area contributed by atoms with Crippen molar-refractivity contribution in [3.05, 3.63) is 42.0 Å². The fourth-order valence-electron chi connectivity index (χ4n) is 3.12. The molecule has 1 aliphatic heterocycles. The van der Waals surface area contributed by atoms with Gasteiger partial charge in [0.25, 0.3) is 10.2 Å². The number of nitrogens with zero attached hydrogens (tertiary/aromatic N) is 1. The van der Waals surface area contributed by atoms with Gasteiger partial charge in [-0.05, 0) is 47.4 Å². The van der Waals surface area contributed by atoms with Crippen LogP contribution in [0.3, 0.4) is 0 Å². The zero-order valence-corrected chi connectivity index (χ0v) is 14.8. The molecular weight excluding hydrogens is 342 g/mol. The van der Waals surface area contributed by atoms with E-state index in [1.165, 1.54) is 0 Å². The number of nitrogens with two attached hydrogens (primary N) is 1. The van der Waals surface area contributed by atoms with Gasteiger partial charge in [0.2, 0.25) is 5.91 Å². The maximum absolute atomic E-state index is 12.3. The Labute approximate surface area is 146 Å². The molecule has 8 heteroatoms. The van der Waals surface area contributed by atoms with E-state index >= 15 is 0 Å². The van der Waals surface area contributed by atoms with Gasteiger partial charge in [-0.3, -0.25) is 4.79 Å². The predicted octanol–water partition coefficient (Wildman–Crippen LogP) is 1.13. The van der Waals surface area contributed by atoms with E-state index in [0.29, 0.717) is 19.4 Å². The topological polar surface area (TPSA) is 102 Å².